The highest BCUT2D eigenvalue weighted by Gasteiger charge is 2.49. The van der Waals surface area contributed by atoms with Gasteiger partial charge in [0.1, 0.15) is 40.8 Å². The van der Waals surface area contributed by atoms with Gasteiger partial charge in [-0.15, -0.1) is 0 Å². The smallest absolute Gasteiger partial charge is 0.408 e. The molecule has 0 saturated heterocycles. The first-order valence-corrected chi connectivity index (χ1v) is 17.3. The summed E-state index contributed by atoms with van der Waals surface area (Å²) >= 11 is 0. The number of alkyl carbamates (subject to hydrolysis) is 1. The van der Waals surface area contributed by atoms with Crippen LogP contribution in [-0.4, -0.2) is 68.3 Å². The lowest BCUT2D eigenvalue weighted by atomic mass is 9.97. The van der Waals surface area contributed by atoms with Crippen molar-refractivity contribution in [1.29, 1.82) is 0 Å². The number of rotatable bonds is 12. The highest BCUT2D eigenvalue weighted by Crippen LogP contribution is 2.41. The van der Waals surface area contributed by atoms with Crippen molar-refractivity contribution in [1.82, 2.24) is 15.5 Å². The molecule has 11 heteroatoms. The number of carbonyl (C=O) groups excluding carboxylic acids is 4. The van der Waals surface area contributed by atoms with Gasteiger partial charge in [-0.1, -0.05) is 55.5 Å². The molecule has 3 aromatic rings. The lowest BCUT2D eigenvalue weighted by Crippen LogP contribution is -2.56. The van der Waals surface area contributed by atoms with Crippen molar-refractivity contribution < 1.29 is 38.9 Å². The molecule has 1 aliphatic rings. The molecule has 1 saturated carbocycles. The Balaban J connectivity index is 1.79. The first-order valence-electron chi connectivity index (χ1n) is 17.3. The molecule has 1 fully saturated rings. The van der Waals surface area contributed by atoms with Crippen LogP contribution in [0.25, 0.3) is 0 Å². The van der Waals surface area contributed by atoms with Crippen LogP contribution < -0.4 is 10.6 Å². The Labute approximate surface area is 300 Å². The van der Waals surface area contributed by atoms with Gasteiger partial charge in [0.2, 0.25) is 11.8 Å². The van der Waals surface area contributed by atoms with Crippen molar-refractivity contribution in [2.45, 2.75) is 110 Å². The van der Waals surface area contributed by atoms with Crippen LogP contribution in [-0.2, 0) is 36.7 Å². The lowest BCUT2D eigenvalue weighted by Gasteiger charge is -2.36. The Morgan fingerprint density at radius 1 is 0.804 bits per heavy atom. The molecule has 3 aromatic carbocycles. The number of ether oxygens (including phenoxy) is 2. The lowest BCUT2D eigenvalue weighted by molar-refractivity contribution is -0.159. The van der Waals surface area contributed by atoms with Crippen LogP contribution in [0.1, 0.15) is 83.2 Å². The van der Waals surface area contributed by atoms with Crippen molar-refractivity contribution in [2.75, 3.05) is 0 Å². The average molecular weight is 702 g/mol. The van der Waals surface area contributed by atoms with E-state index >= 15 is 0 Å². The van der Waals surface area contributed by atoms with Gasteiger partial charge in [0.15, 0.2) is 0 Å². The molecule has 1 aliphatic carbocycles. The van der Waals surface area contributed by atoms with E-state index in [0.717, 1.165) is 5.56 Å². The Morgan fingerprint density at radius 2 is 1.37 bits per heavy atom. The minimum absolute atomic E-state index is 0.0167. The maximum Gasteiger partial charge on any atom is 0.408 e. The Kier molecular flexibility index (Phi) is 12.1. The van der Waals surface area contributed by atoms with Gasteiger partial charge in [0.05, 0.1) is 0 Å². The maximum atomic E-state index is 14.9. The van der Waals surface area contributed by atoms with Crippen LogP contribution >= 0.6 is 0 Å². The molecule has 51 heavy (non-hydrogen) atoms. The summed E-state index contributed by atoms with van der Waals surface area (Å²) in [4.78, 5) is 57.8. The van der Waals surface area contributed by atoms with E-state index in [9.17, 15) is 29.4 Å². The fourth-order valence-electron chi connectivity index (χ4n) is 5.82. The van der Waals surface area contributed by atoms with Crippen LogP contribution in [0.2, 0.25) is 0 Å². The fourth-order valence-corrected chi connectivity index (χ4v) is 5.82. The number of hydrogen-bond donors (Lipinski definition) is 4. The number of phenols is 2. The molecule has 11 nitrogen and oxygen atoms in total. The predicted molar refractivity (Wildman–Crippen MR) is 193 cm³/mol. The second-order valence-corrected chi connectivity index (χ2v) is 15.3. The molecule has 0 spiro atoms. The first kappa shape index (κ1) is 38.7. The molecule has 5 atom stereocenters. The summed E-state index contributed by atoms with van der Waals surface area (Å²) in [6.07, 6.45) is -0.0317. The second kappa shape index (κ2) is 15.9. The van der Waals surface area contributed by atoms with Gasteiger partial charge < -0.3 is 35.2 Å². The zero-order valence-corrected chi connectivity index (χ0v) is 30.7. The number of esters is 1. The van der Waals surface area contributed by atoms with Gasteiger partial charge in [-0.2, -0.15) is 0 Å². The van der Waals surface area contributed by atoms with Gasteiger partial charge in [-0.05, 0) is 107 Å². The number of hydrogen-bond acceptors (Lipinski definition) is 8. The fraction of sp³-hybridized carbons (Fsp3) is 0.450. The van der Waals surface area contributed by atoms with Crippen LogP contribution in [0.3, 0.4) is 0 Å². The Bertz CT molecular complexity index is 1700. The van der Waals surface area contributed by atoms with E-state index < -0.39 is 53.2 Å². The highest BCUT2D eigenvalue weighted by atomic mass is 16.6. The molecule has 0 bridgehead atoms. The zero-order chi connectivity index (χ0) is 37.7. The van der Waals surface area contributed by atoms with E-state index in [-0.39, 0.29) is 36.3 Å². The van der Waals surface area contributed by atoms with E-state index in [4.69, 9.17) is 9.47 Å². The number of aromatic hydroxyl groups is 2. The van der Waals surface area contributed by atoms with Crippen LogP contribution in [0.5, 0.6) is 11.5 Å². The molecule has 4 rings (SSSR count). The average Bonchev–Trinajstić information content (AvgIpc) is 3.75. The van der Waals surface area contributed by atoms with Crippen LogP contribution in [0.4, 0.5) is 4.79 Å². The van der Waals surface area contributed by atoms with Gasteiger partial charge in [-0.3, -0.25) is 9.59 Å². The standard InChI is InChI=1S/C40H51N3O8/c1-24-21-32(24)43(36(47)30(42-38(49)51-40(6,7)8)22-27-14-17-29(44)18-15-27)34(28-16-19-33(45)25(2)20-28)35(46)41-31(37(48)50-39(3,4)5)23-26-12-10-9-11-13-26/h9-20,24,30-32,34,44-45H,21-23H2,1-8H3,(H,41,46)(H,42,49). The third-order valence-electron chi connectivity index (χ3n) is 8.40. The van der Waals surface area contributed by atoms with Gasteiger partial charge in [0.25, 0.3) is 0 Å². The molecular formula is C40H51N3O8. The molecule has 4 N–H and O–H groups in total. The van der Waals surface area contributed by atoms with Crippen molar-refractivity contribution in [2.24, 2.45) is 5.92 Å². The van der Waals surface area contributed by atoms with E-state index in [1.54, 1.807) is 72.7 Å². The van der Waals surface area contributed by atoms with E-state index in [1.165, 1.54) is 23.1 Å². The largest absolute Gasteiger partial charge is 0.508 e. The summed E-state index contributed by atoms with van der Waals surface area (Å²) in [6.45, 7) is 14.0. The summed E-state index contributed by atoms with van der Waals surface area (Å²) < 4.78 is 11.3. The minimum atomic E-state index is -1.25. The second-order valence-electron chi connectivity index (χ2n) is 15.3. The molecular weight excluding hydrogens is 650 g/mol. The molecule has 5 unspecified atom stereocenters. The van der Waals surface area contributed by atoms with Gasteiger partial charge in [0, 0.05) is 18.9 Å². The third-order valence-corrected chi connectivity index (χ3v) is 8.40. The third kappa shape index (κ3) is 11.2. The SMILES string of the molecule is Cc1cc(C(C(=O)NC(Cc2ccccc2)C(=O)OC(C)(C)C)N(C(=O)C(Cc2ccc(O)cc2)NC(=O)OC(C)(C)C)C2CC2C)ccc1O. The van der Waals surface area contributed by atoms with Crippen LogP contribution in [0.15, 0.2) is 72.8 Å². The normalized spacial score (nSPS) is 17.3. The molecule has 0 aliphatic heterocycles. The van der Waals surface area contributed by atoms with E-state index in [0.29, 0.717) is 23.1 Å². The van der Waals surface area contributed by atoms with E-state index in [1.807, 2.05) is 37.3 Å². The summed E-state index contributed by atoms with van der Waals surface area (Å²) in [5, 5.41) is 25.9. The summed E-state index contributed by atoms with van der Waals surface area (Å²) in [5.74, 6) is -1.70. The van der Waals surface area contributed by atoms with E-state index in [2.05, 4.69) is 10.6 Å². The summed E-state index contributed by atoms with van der Waals surface area (Å²) in [6, 6.07) is 16.3. The van der Waals surface area contributed by atoms with Crippen LogP contribution in [0, 0.1) is 12.8 Å². The molecule has 0 heterocycles. The number of benzene rings is 3. The number of nitrogens with zero attached hydrogens (tertiary/aromatic N) is 1. The van der Waals surface area contributed by atoms with Crippen molar-refractivity contribution in [3.63, 3.8) is 0 Å². The summed E-state index contributed by atoms with van der Waals surface area (Å²) in [5.41, 5.74) is 0.679. The molecule has 0 aromatic heterocycles. The quantitative estimate of drug-likeness (QED) is 0.171. The number of carbonyl (C=O) groups is 4. The Hall–Kier alpha value is -5.06. The zero-order valence-electron chi connectivity index (χ0n) is 30.7. The maximum absolute atomic E-state index is 14.9. The number of aryl methyl sites for hydroxylation is 1. The van der Waals surface area contributed by atoms with Gasteiger partial charge >= 0.3 is 12.1 Å². The molecule has 0 radical (unpaired) electrons. The van der Waals surface area contributed by atoms with Gasteiger partial charge in [-0.25, -0.2) is 9.59 Å². The highest BCUT2D eigenvalue weighted by molar-refractivity contribution is 5.94. The monoisotopic (exact) mass is 701 g/mol. The molecule has 3 amide bonds. The number of phenolic OH excluding ortho intramolecular Hbond substituents is 2. The predicted octanol–water partition coefficient (Wildman–Crippen LogP) is 5.89. The summed E-state index contributed by atoms with van der Waals surface area (Å²) in [7, 11) is 0. The Morgan fingerprint density at radius 3 is 1.92 bits per heavy atom. The van der Waals surface area contributed by atoms with Crippen molar-refractivity contribution in [3.05, 3.63) is 95.1 Å². The molecule has 274 valence electrons. The van der Waals surface area contributed by atoms with Crippen molar-refractivity contribution in [3.8, 4) is 11.5 Å². The minimum Gasteiger partial charge on any atom is -0.508 e. The topological polar surface area (TPSA) is 154 Å². The van der Waals surface area contributed by atoms with Crippen molar-refractivity contribution >= 4 is 23.9 Å². The number of nitrogens with one attached hydrogen (secondary N) is 2. The number of amides is 3. The first-order chi connectivity index (χ1) is 23.8.